The fourth-order valence-electron chi connectivity index (χ4n) is 2.32. The van der Waals surface area contributed by atoms with Crippen LogP contribution in [0.2, 0.25) is 0 Å². The summed E-state index contributed by atoms with van der Waals surface area (Å²) in [6.45, 7) is 9.99. The van der Waals surface area contributed by atoms with Gasteiger partial charge in [-0.15, -0.1) is 0 Å². The molecule has 0 bridgehead atoms. The second-order valence-corrected chi connectivity index (χ2v) is 5.97. The van der Waals surface area contributed by atoms with Crippen LogP contribution in [0.1, 0.15) is 33.1 Å². The lowest BCUT2D eigenvalue weighted by atomic mass is 10.1. The van der Waals surface area contributed by atoms with Gasteiger partial charge in [0.05, 0.1) is 0 Å². The van der Waals surface area contributed by atoms with Crippen molar-refractivity contribution in [1.82, 2.24) is 14.7 Å². The summed E-state index contributed by atoms with van der Waals surface area (Å²) in [6, 6.07) is -0.519. The fourth-order valence-corrected chi connectivity index (χ4v) is 2.32. The third-order valence-electron chi connectivity index (χ3n) is 4.09. The van der Waals surface area contributed by atoms with Gasteiger partial charge in [-0.2, -0.15) is 0 Å². The van der Waals surface area contributed by atoms with Gasteiger partial charge in [0.1, 0.15) is 6.04 Å². The number of rotatable bonds is 7. The zero-order valence-electron chi connectivity index (χ0n) is 15.4. The largest absolute Gasteiger partial charge is 0.480 e. The van der Waals surface area contributed by atoms with Crippen molar-refractivity contribution in [2.45, 2.75) is 39.2 Å². The first-order chi connectivity index (χ1) is 11.4. The Morgan fingerprint density at radius 1 is 1.12 bits per heavy atom. The van der Waals surface area contributed by atoms with Crippen molar-refractivity contribution in [3.05, 3.63) is 0 Å². The number of nitrogens with zero attached hydrogens (tertiary/aromatic N) is 3. The van der Waals surface area contributed by atoms with Gasteiger partial charge in [0.15, 0.2) is 0 Å². The molecule has 1 rings (SSSR count). The third-order valence-corrected chi connectivity index (χ3v) is 4.09. The molecule has 0 aromatic rings. The molecular formula is C16H35N5O3. The van der Waals surface area contributed by atoms with E-state index in [2.05, 4.69) is 11.9 Å². The number of carboxylic acids is 1. The van der Waals surface area contributed by atoms with E-state index in [0.717, 1.165) is 52.1 Å². The van der Waals surface area contributed by atoms with E-state index in [-0.39, 0.29) is 6.03 Å². The van der Waals surface area contributed by atoms with Gasteiger partial charge >= 0.3 is 12.0 Å². The SMILES string of the molecule is CCN(CC)C(=O)N1CCN(C)CC1.NCCCCC(N)C(=O)O. The van der Waals surface area contributed by atoms with Gasteiger partial charge in [0.2, 0.25) is 0 Å². The minimum absolute atomic E-state index is 0.197. The van der Waals surface area contributed by atoms with Crippen LogP contribution in [-0.2, 0) is 4.79 Å². The van der Waals surface area contributed by atoms with Crippen LogP contribution in [0, 0.1) is 0 Å². The molecule has 0 aromatic heterocycles. The molecule has 24 heavy (non-hydrogen) atoms. The first-order valence-corrected chi connectivity index (χ1v) is 8.78. The molecule has 0 aliphatic carbocycles. The van der Waals surface area contributed by atoms with Crippen LogP contribution in [0.3, 0.4) is 0 Å². The molecule has 1 heterocycles. The number of hydrogen-bond acceptors (Lipinski definition) is 5. The minimum Gasteiger partial charge on any atom is -0.480 e. The summed E-state index contributed by atoms with van der Waals surface area (Å²) >= 11 is 0. The molecular weight excluding hydrogens is 310 g/mol. The molecule has 1 unspecified atom stereocenters. The summed E-state index contributed by atoms with van der Waals surface area (Å²) in [4.78, 5) is 28.1. The lowest BCUT2D eigenvalue weighted by Gasteiger charge is -2.35. The van der Waals surface area contributed by atoms with E-state index in [1.165, 1.54) is 0 Å². The predicted molar refractivity (Wildman–Crippen MR) is 95.9 cm³/mol. The Morgan fingerprint density at radius 2 is 1.67 bits per heavy atom. The number of carbonyl (C=O) groups is 2. The summed E-state index contributed by atoms with van der Waals surface area (Å²) in [7, 11) is 2.10. The van der Waals surface area contributed by atoms with Gasteiger partial charge in [0.25, 0.3) is 0 Å². The van der Waals surface area contributed by atoms with Crippen molar-refractivity contribution < 1.29 is 14.7 Å². The molecule has 2 amide bonds. The molecule has 8 heteroatoms. The highest BCUT2D eigenvalue weighted by Crippen LogP contribution is 2.04. The molecule has 8 nitrogen and oxygen atoms in total. The standard InChI is InChI=1S/C10H21N3O.C6H14N2O2/c1-4-12(5-2)10(14)13-8-6-11(3)7-9-13;7-4-2-1-3-5(8)6(9)10/h4-9H2,1-3H3;5H,1-4,7-8H2,(H,9,10). The van der Waals surface area contributed by atoms with Crippen LogP contribution in [0.25, 0.3) is 0 Å². The van der Waals surface area contributed by atoms with E-state index in [1.54, 1.807) is 0 Å². The molecule has 5 N–H and O–H groups in total. The molecule has 0 spiro atoms. The number of amides is 2. The Morgan fingerprint density at radius 3 is 2.08 bits per heavy atom. The average molecular weight is 345 g/mol. The average Bonchev–Trinajstić information content (AvgIpc) is 2.57. The number of likely N-dealkylation sites (N-methyl/N-ethyl adjacent to an activating group) is 1. The number of carbonyl (C=O) groups excluding carboxylic acids is 1. The predicted octanol–water partition coefficient (Wildman–Crippen LogP) is 0.223. The Labute approximate surface area is 145 Å². The highest BCUT2D eigenvalue weighted by Gasteiger charge is 2.21. The van der Waals surface area contributed by atoms with Gasteiger partial charge in [0, 0.05) is 39.3 Å². The molecule has 0 aromatic carbocycles. The van der Waals surface area contributed by atoms with Crippen LogP contribution < -0.4 is 11.5 Å². The molecule has 0 radical (unpaired) electrons. The maximum atomic E-state index is 11.9. The molecule has 142 valence electrons. The highest BCUT2D eigenvalue weighted by atomic mass is 16.4. The van der Waals surface area contributed by atoms with Crippen molar-refractivity contribution in [2.75, 3.05) is 52.9 Å². The summed E-state index contributed by atoms with van der Waals surface area (Å²) in [5.41, 5.74) is 10.4. The van der Waals surface area contributed by atoms with E-state index < -0.39 is 12.0 Å². The fraction of sp³-hybridized carbons (Fsp3) is 0.875. The Bertz CT molecular complexity index is 356. The van der Waals surface area contributed by atoms with Crippen LogP contribution in [0.15, 0.2) is 0 Å². The third kappa shape index (κ3) is 9.05. The van der Waals surface area contributed by atoms with Gasteiger partial charge in [-0.1, -0.05) is 6.42 Å². The van der Waals surface area contributed by atoms with E-state index in [9.17, 15) is 9.59 Å². The maximum Gasteiger partial charge on any atom is 0.320 e. The summed E-state index contributed by atoms with van der Waals surface area (Å²) in [6.07, 6.45) is 2.16. The zero-order chi connectivity index (χ0) is 18.5. The Kier molecular flexibility index (Phi) is 12.2. The first kappa shape index (κ1) is 22.6. The Hall–Kier alpha value is -1.38. The van der Waals surface area contributed by atoms with Crippen LogP contribution in [0.5, 0.6) is 0 Å². The summed E-state index contributed by atoms with van der Waals surface area (Å²) in [5.74, 6) is -0.933. The monoisotopic (exact) mass is 345 g/mol. The smallest absolute Gasteiger partial charge is 0.320 e. The van der Waals surface area contributed by atoms with E-state index >= 15 is 0 Å². The molecule has 1 aliphatic rings. The number of hydrogen-bond donors (Lipinski definition) is 3. The quantitative estimate of drug-likeness (QED) is 0.569. The molecule has 1 saturated heterocycles. The maximum absolute atomic E-state index is 11.9. The summed E-state index contributed by atoms with van der Waals surface area (Å²) < 4.78 is 0. The van der Waals surface area contributed by atoms with Gasteiger partial charge < -0.3 is 31.3 Å². The second-order valence-electron chi connectivity index (χ2n) is 5.97. The van der Waals surface area contributed by atoms with Crippen molar-refractivity contribution in [2.24, 2.45) is 11.5 Å². The van der Waals surface area contributed by atoms with E-state index in [0.29, 0.717) is 13.0 Å². The summed E-state index contributed by atoms with van der Waals surface area (Å²) in [5, 5.41) is 8.33. The van der Waals surface area contributed by atoms with Crippen LogP contribution in [-0.4, -0.2) is 90.7 Å². The number of urea groups is 1. The van der Waals surface area contributed by atoms with E-state index in [4.69, 9.17) is 16.6 Å². The number of aliphatic carboxylic acids is 1. The molecule has 0 saturated carbocycles. The molecule has 1 atom stereocenters. The van der Waals surface area contributed by atoms with Gasteiger partial charge in [-0.25, -0.2) is 4.79 Å². The van der Waals surface area contributed by atoms with Crippen molar-refractivity contribution >= 4 is 12.0 Å². The number of piperazine rings is 1. The van der Waals surface area contributed by atoms with Crippen molar-refractivity contribution in [3.8, 4) is 0 Å². The molecule has 1 fully saturated rings. The lowest BCUT2D eigenvalue weighted by Crippen LogP contribution is -2.51. The normalized spacial score (nSPS) is 16.1. The van der Waals surface area contributed by atoms with Gasteiger partial charge in [-0.05, 0) is 40.3 Å². The van der Waals surface area contributed by atoms with Crippen LogP contribution in [0.4, 0.5) is 4.79 Å². The van der Waals surface area contributed by atoms with Crippen molar-refractivity contribution in [3.63, 3.8) is 0 Å². The van der Waals surface area contributed by atoms with Crippen molar-refractivity contribution in [1.29, 1.82) is 0 Å². The topological polar surface area (TPSA) is 116 Å². The minimum atomic E-state index is -0.933. The first-order valence-electron chi connectivity index (χ1n) is 8.78. The zero-order valence-corrected chi connectivity index (χ0v) is 15.4. The second kappa shape index (κ2) is 13.0. The van der Waals surface area contributed by atoms with Gasteiger partial charge in [-0.3, -0.25) is 4.79 Å². The molecule has 1 aliphatic heterocycles. The number of nitrogens with two attached hydrogens (primary N) is 2. The lowest BCUT2D eigenvalue weighted by molar-refractivity contribution is -0.138. The highest BCUT2D eigenvalue weighted by molar-refractivity contribution is 5.74. The Balaban J connectivity index is 0.000000470. The van der Waals surface area contributed by atoms with Crippen LogP contribution >= 0.6 is 0 Å². The number of carboxylic acid groups (broad SMARTS) is 1. The number of unbranched alkanes of at least 4 members (excludes halogenated alkanes) is 1. The van der Waals surface area contributed by atoms with E-state index in [1.807, 2.05) is 23.6 Å².